The quantitative estimate of drug-likeness (QED) is 0.755. The van der Waals surface area contributed by atoms with E-state index in [0.29, 0.717) is 4.80 Å². The first-order valence-electron chi connectivity index (χ1n) is 7.80. The van der Waals surface area contributed by atoms with E-state index in [1.165, 1.54) is 23.1 Å². The van der Waals surface area contributed by atoms with E-state index in [4.69, 9.17) is 0 Å². The number of rotatable bonds is 2. The molecule has 2 heterocycles. The van der Waals surface area contributed by atoms with Gasteiger partial charge in [-0.25, -0.2) is 0 Å². The molecule has 7 heteroatoms. The van der Waals surface area contributed by atoms with Crippen molar-refractivity contribution < 1.29 is 9.59 Å². The first kappa shape index (κ1) is 16.1. The van der Waals surface area contributed by atoms with Crippen LogP contribution in [-0.2, 0) is 16.6 Å². The van der Waals surface area contributed by atoms with Gasteiger partial charge in [0, 0.05) is 11.9 Å². The second-order valence-corrected chi connectivity index (χ2v) is 7.97. The summed E-state index contributed by atoms with van der Waals surface area (Å²) >= 11 is 2.89. The van der Waals surface area contributed by atoms with E-state index in [0.717, 1.165) is 20.8 Å². The number of para-hydroxylation sites is 2. The Bertz CT molecular complexity index is 1050. The van der Waals surface area contributed by atoms with E-state index < -0.39 is 5.25 Å². The highest BCUT2D eigenvalue weighted by Gasteiger charge is 2.28. The summed E-state index contributed by atoms with van der Waals surface area (Å²) < 4.78 is 2.98. The van der Waals surface area contributed by atoms with Crippen LogP contribution in [0.2, 0.25) is 0 Å². The second kappa shape index (κ2) is 6.50. The highest BCUT2D eigenvalue weighted by Crippen LogP contribution is 2.36. The molecular formula is C18H15N3O2S2. The van der Waals surface area contributed by atoms with E-state index in [-0.39, 0.29) is 18.2 Å². The number of carbonyl (C=O) groups is 2. The van der Waals surface area contributed by atoms with E-state index in [9.17, 15) is 9.59 Å². The lowest BCUT2D eigenvalue weighted by atomic mass is 10.2. The lowest BCUT2D eigenvalue weighted by Crippen LogP contribution is -2.31. The van der Waals surface area contributed by atoms with Gasteiger partial charge in [-0.3, -0.25) is 9.59 Å². The summed E-state index contributed by atoms with van der Waals surface area (Å²) in [4.78, 5) is 30.5. The van der Waals surface area contributed by atoms with Gasteiger partial charge < -0.3 is 9.88 Å². The van der Waals surface area contributed by atoms with Crippen molar-refractivity contribution in [2.75, 3.05) is 5.32 Å². The molecule has 2 amide bonds. The zero-order valence-electron chi connectivity index (χ0n) is 13.4. The minimum Gasteiger partial charge on any atom is -0.324 e. The van der Waals surface area contributed by atoms with Crippen LogP contribution < -0.4 is 10.1 Å². The topological polar surface area (TPSA) is 63.5 Å². The predicted molar refractivity (Wildman–Crippen MR) is 101 cm³/mol. The molecule has 3 aromatic rings. The number of aryl methyl sites for hydroxylation is 1. The number of hydrogen-bond donors (Lipinski definition) is 1. The minimum absolute atomic E-state index is 0.0824. The van der Waals surface area contributed by atoms with Gasteiger partial charge in [0.25, 0.3) is 0 Å². The van der Waals surface area contributed by atoms with Crippen molar-refractivity contribution in [3.8, 4) is 0 Å². The number of thioether (sulfide) groups is 1. The fraction of sp³-hybridized carbons (Fsp3) is 0.167. The Hall–Kier alpha value is -2.38. The zero-order chi connectivity index (χ0) is 17.4. The second-order valence-electron chi connectivity index (χ2n) is 5.71. The lowest BCUT2D eigenvalue weighted by molar-refractivity contribution is -0.122. The molecule has 0 bridgehead atoms. The van der Waals surface area contributed by atoms with Crippen molar-refractivity contribution in [3.05, 3.63) is 53.3 Å². The molecule has 1 atom stereocenters. The van der Waals surface area contributed by atoms with Crippen molar-refractivity contribution in [1.82, 2.24) is 4.57 Å². The van der Waals surface area contributed by atoms with Crippen LogP contribution in [-0.4, -0.2) is 21.6 Å². The maximum absolute atomic E-state index is 12.4. The highest BCUT2D eigenvalue weighted by molar-refractivity contribution is 8.01. The van der Waals surface area contributed by atoms with E-state index in [1.54, 1.807) is 0 Å². The molecule has 0 radical (unpaired) electrons. The molecule has 2 aromatic carbocycles. The molecule has 1 aromatic heterocycles. The number of amides is 2. The summed E-state index contributed by atoms with van der Waals surface area (Å²) in [5, 5.41) is 2.40. The van der Waals surface area contributed by atoms with Gasteiger partial charge in [0.15, 0.2) is 4.80 Å². The predicted octanol–water partition coefficient (Wildman–Crippen LogP) is 3.17. The third-order valence-corrected chi connectivity index (χ3v) is 6.39. The average Bonchev–Trinajstić information content (AvgIpc) is 2.92. The Kier molecular flexibility index (Phi) is 4.19. The van der Waals surface area contributed by atoms with Crippen molar-refractivity contribution in [3.63, 3.8) is 0 Å². The van der Waals surface area contributed by atoms with Crippen molar-refractivity contribution >= 4 is 50.8 Å². The monoisotopic (exact) mass is 369 g/mol. The number of aromatic nitrogens is 1. The summed E-state index contributed by atoms with van der Waals surface area (Å²) in [6.07, 6.45) is 0.0824. The van der Waals surface area contributed by atoms with Crippen LogP contribution in [0.3, 0.4) is 0 Å². The molecule has 1 N–H and O–H groups in total. The van der Waals surface area contributed by atoms with Gasteiger partial charge in [0.1, 0.15) is 0 Å². The molecule has 5 nitrogen and oxygen atoms in total. The summed E-state index contributed by atoms with van der Waals surface area (Å²) in [6, 6.07) is 15.5. The zero-order valence-corrected chi connectivity index (χ0v) is 15.1. The number of benzene rings is 2. The Morgan fingerprint density at radius 2 is 1.96 bits per heavy atom. The third kappa shape index (κ3) is 3.12. The Morgan fingerprint density at radius 3 is 2.80 bits per heavy atom. The minimum atomic E-state index is -0.453. The number of anilines is 1. The van der Waals surface area contributed by atoms with Crippen LogP contribution in [0, 0.1) is 0 Å². The van der Waals surface area contributed by atoms with Crippen LogP contribution in [0.5, 0.6) is 0 Å². The van der Waals surface area contributed by atoms with Crippen LogP contribution in [0.25, 0.3) is 10.2 Å². The van der Waals surface area contributed by atoms with Crippen LogP contribution in [0.1, 0.15) is 6.42 Å². The molecule has 25 heavy (non-hydrogen) atoms. The smallest absolute Gasteiger partial charge is 0.249 e. The summed E-state index contributed by atoms with van der Waals surface area (Å²) in [6.45, 7) is 0. The van der Waals surface area contributed by atoms with Crippen molar-refractivity contribution in [2.24, 2.45) is 12.0 Å². The number of hydrogen-bond acceptors (Lipinski definition) is 4. The SMILES string of the molecule is Cn1c(=NC(=O)CC2Sc3ccccc3NC2=O)sc2ccccc21. The summed E-state index contributed by atoms with van der Waals surface area (Å²) in [5.41, 5.74) is 1.84. The van der Waals surface area contributed by atoms with Crippen LogP contribution in [0.4, 0.5) is 5.69 Å². The molecule has 0 fully saturated rings. The molecule has 0 aliphatic carbocycles. The maximum atomic E-state index is 12.4. The van der Waals surface area contributed by atoms with E-state index in [1.807, 2.05) is 60.1 Å². The number of nitrogens with zero attached hydrogens (tertiary/aromatic N) is 2. The number of carbonyl (C=O) groups excluding carboxylic acids is 2. The van der Waals surface area contributed by atoms with Gasteiger partial charge in [-0.1, -0.05) is 35.6 Å². The molecule has 4 rings (SSSR count). The normalized spacial score (nSPS) is 17.4. The van der Waals surface area contributed by atoms with Crippen LogP contribution in [0.15, 0.2) is 58.4 Å². The first-order chi connectivity index (χ1) is 12.1. The van der Waals surface area contributed by atoms with Gasteiger partial charge >= 0.3 is 0 Å². The number of fused-ring (bicyclic) bond motifs is 2. The number of nitrogens with one attached hydrogen (secondary N) is 1. The van der Waals surface area contributed by atoms with Crippen LogP contribution >= 0.6 is 23.1 Å². The Balaban J connectivity index is 1.58. The molecular weight excluding hydrogens is 354 g/mol. The Labute approximate surface area is 152 Å². The van der Waals surface area contributed by atoms with Gasteiger partial charge in [-0.2, -0.15) is 4.99 Å². The molecule has 126 valence electrons. The molecule has 1 aliphatic heterocycles. The van der Waals surface area contributed by atoms with E-state index in [2.05, 4.69) is 10.3 Å². The van der Waals surface area contributed by atoms with E-state index >= 15 is 0 Å². The van der Waals surface area contributed by atoms with Gasteiger partial charge in [-0.05, 0) is 24.3 Å². The average molecular weight is 369 g/mol. The molecule has 1 aliphatic rings. The third-order valence-electron chi connectivity index (χ3n) is 4.00. The standard InChI is InChI=1S/C18H15N3O2S2/c1-21-12-7-3-5-9-14(12)25-18(21)20-16(22)10-15-17(23)19-11-6-2-4-8-13(11)24-15/h2-9,15H,10H2,1H3,(H,19,23). The maximum Gasteiger partial charge on any atom is 0.249 e. The van der Waals surface area contributed by atoms with Gasteiger partial charge in [0.05, 0.1) is 27.6 Å². The summed E-state index contributed by atoms with van der Waals surface area (Å²) in [5.74, 6) is -0.429. The van der Waals surface area contributed by atoms with Crippen molar-refractivity contribution in [1.29, 1.82) is 0 Å². The fourth-order valence-corrected chi connectivity index (χ4v) is 4.86. The molecule has 0 saturated heterocycles. The summed E-state index contributed by atoms with van der Waals surface area (Å²) in [7, 11) is 1.89. The molecule has 0 spiro atoms. The fourth-order valence-electron chi connectivity index (χ4n) is 2.73. The Morgan fingerprint density at radius 1 is 1.20 bits per heavy atom. The van der Waals surface area contributed by atoms with Crippen molar-refractivity contribution in [2.45, 2.75) is 16.6 Å². The number of thiazole rings is 1. The first-order valence-corrected chi connectivity index (χ1v) is 9.50. The van der Waals surface area contributed by atoms with Gasteiger partial charge in [0.2, 0.25) is 11.8 Å². The largest absolute Gasteiger partial charge is 0.324 e. The molecule has 1 unspecified atom stereocenters. The molecule has 0 saturated carbocycles. The lowest BCUT2D eigenvalue weighted by Gasteiger charge is -2.22. The van der Waals surface area contributed by atoms with Gasteiger partial charge in [-0.15, -0.1) is 11.8 Å². The highest BCUT2D eigenvalue weighted by atomic mass is 32.2.